The lowest BCUT2D eigenvalue weighted by molar-refractivity contribution is 0.620. The van der Waals surface area contributed by atoms with E-state index in [4.69, 9.17) is 14.7 Å². The largest absolute Gasteiger partial charge is 0.456 e. The molecule has 5 nitrogen and oxygen atoms in total. The van der Waals surface area contributed by atoms with Gasteiger partial charge in [0.2, 0.25) is 0 Å². The average Bonchev–Trinajstić information content (AvgIpc) is 3.29. The summed E-state index contributed by atoms with van der Waals surface area (Å²) in [6.07, 6.45) is 3.64. The Balaban J connectivity index is 1.66. The molecule has 0 N–H and O–H groups in total. The van der Waals surface area contributed by atoms with Crippen LogP contribution in [0.5, 0.6) is 0 Å². The normalized spacial score (nSPS) is 12.3. The molecule has 0 spiro atoms. The van der Waals surface area contributed by atoms with Gasteiger partial charge in [0.1, 0.15) is 22.7 Å². The van der Waals surface area contributed by atoms with Crippen LogP contribution in [0.25, 0.3) is 44.7 Å². The lowest BCUT2D eigenvalue weighted by Crippen LogP contribution is -2.07. The van der Waals surface area contributed by atoms with Gasteiger partial charge in [0.15, 0.2) is 0 Å². The minimum Gasteiger partial charge on any atom is -0.456 e. The van der Waals surface area contributed by atoms with Gasteiger partial charge in [0.05, 0.1) is 35.5 Å². The molecule has 0 unspecified atom stereocenters. The molecule has 126 valence electrons. The van der Waals surface area contributed by atoms with Gasteiger partial charge < -0.3 is 8.98 Å². The molecule has 0 fully saturated rings. The fourth-order valence-corrected chi connectivity index (χ4v) is 3.95. The Bertz CT molecular complexity index is 1400. The van der Waals surface area contributed by atoms with E-state index in [9.17, 15) is 0 Å². The number of benzene rings is 2. The molecule has 5 heteroatoms. The molecule has 4 heterocycles. The monoisotopic (exact) mass is 348 g/mol. The number of rotatable bonds is 1. The smallest absolute Gasteiger partial charge is 0.144 e. The Hall–Kier alpha value is -3.91. The minimum atomic E-state index is 0.638. The molecule has 3 aromatic heterocycles. The molecule has 27 heavy (non-hydrogen) atoms. The highest BCUT2D eigenvalue weighted by atomic mass is 16.3. The zero-order valence-corrected chi connectivity index (χ0v) is 14.2. The summed E-state index contributed by atoms with van der Waals surface area (Å²) < 4.78 is 8.39. The van der Waals surface area contributed by atoms with Crippen molar-refractivity contribution in [3.05, 3.63) is 72.1 Å². The minimum absolute atomic E-state index is 0.638. The predicted octanol–water partition coefficient (Wildman–Crippen LogP) is 4.74. The third kappa shape index (κ3) is 1.87. The number of imidazole rings is 1. The van der Waals surface area contributed by atoms with Crippen molar-refractivity contribution in [3.63, 3.8) is 0 Å². The van der Waals surface area contributed by atoms with Gasteiger partial charge in [-0.25, -0.2) is 4.98 Å². The molecule has 0 atom stereocenters. The van der Waals surface area contributed by atoms with Crippen LogP contribution in [-0.2, 0) is 6.54 Å². The van der Waals surface area contributed by atoms with Crippen LogP contribution >= 0.6 is 0 Å². The lowest BCUT2D eigenvalue weighted by atomic mass is 10.0. The average molecular weight is 348 g/mol. The molecule has 0 amide bonds. The van der Waals surface area contributed by atoms with Gasteiger partial charge in [-0.2, -0.15) is 5.26 Å². The summed E-state index contributed by atoms with van der Waals surface area (Å²) in [4.78, 5) is 9.21. The highest BCUT2D eigenvalue weighted by Gasteiger charge is 2.27. The molecular formula is C22H12N4O. The van der Waals surface area contributed by atoms with Crippen LogP contribution in [0.2, 0.25) is 0 Å². The standard InChI is InChI=1S/C22H12N4O/c23-9-13-5-7-14(8-6-13)22-25-18-11-24-10-16-20(18)26(22)12-17-15-3-1-2-4-19(15)27-21(16)17/h1-8,10-11H,12H2. The van der Waals surface area contributed by atoms with Crippen LogP contribution in [0.3, 0.4) is 0 Å². The number of pyridine rings is 1. The van der Waals surface area contributed by atoms with Crippen LogP contribution in [-0.4, -0.2) is 14.5 Å². The van der Waals surface area contributed by atoms with Gasteiger partial charge in [-0.1, -0.05) is 18.2 Å². The molecule has 1 aliphatic heterocycles. The third-order valence-corrected chi connectivity index (χ3v) is 5.18. The molecule has 0 saturated carbocycles. The second-order valence-corrected chi connectivity index (χ2v) is 6.67. The zero-order chi connectivity index (χ0) is 18.0. The maximum atomic E-state index is 9.06. The number of aromatic nitrogens is 3. The van der Waals surface area contributed by atoms with E-state index in [2.05, 4.69) is 21.7 Å². The summed E-state index contributed by atoms with van der Waals surface area (Å²) in [5.74, 6) is 1.76. The fourth-order valence-electron chi connectivity index (χ4n) is 3.95. The van der Waals surface area contributed by atoms with Crippen molar-refractivity contribution in [2.24, 2.45) is 0 Å². The molecule has 5 aromatic rings. The van der Waals surface area contributed by atoms with E-state index in [1.165, 1.54) is 0 Å². The van der Waals surface area contributed by atoms with E-state index in [-0.39, 0.29) is 0 Å². The van der Waals surface area contributed by atoms with Crippen molar-refractivity contribution in [1.29, 1.82) is 5.26 Å². The number of furan rings is 1. The molecule has 6 rings (SSSR count). The van der Waals surface area contributed by atoms with Crippen LogP contribution in [0.4, 0.5) is 0 Å². The summed E-state index contributed by atoms with van der Waals surface area (Å²) in [5.41, 5.74) is 6.51. The van der Waals surface area contributed by atoms with Crippen LogP contribution in [0.15, 0.2) is 65.3 Å². The molecule has 0 saturated heterocycles. The molecule has 0 radical (unpaired) electrons. The van der Waals surface area contributed by atoms with E-state index < -0.39 is 0 Å². The molecule has 0 aliphatic carbocycles. The van der Waals surface area contributed by atoms with Crippen molar-refractivity contribution in [1.82, 2.24) is 14.5 Å². The first-order valence-electron chi connectivity index (χ1n) is 8.69. The summed E-state index contributed by atoms with van der Waals surface area (Å²) in [7, 11) is 0. The first kappa shape index (κ1) is 14.3. The summed E-state index contributed by atoms with van der Waals surface area (Å²) in [5, 5.41) is 10.2. The first-order valence-corrected chi connectivity index (χ1v) is 8.69. The van der Waals surface area contributed by atoms with Crippen LogP contribution in [0, 0.1) is 11.3 Å². The van der Waals surface area contributed by atoms with Gasteiger partial charge in [-0.3, -0.25) is 4.98 Å². The van der Waals surface area contributed by atoms with Crippen molar-refractivity contribution >= 4 is 22.0 Å². The second kappa shape index (κ2) is 5.05. The number of nitriles is 1. The number of nitrogens with zero attached hydrogens (tertiary/aromatic N) is 4. The molecule has 2 aromatic carbocycles. The van der Waals surface area contributed by atoms with E-state index in [0.29, 0.717) is 12.1 Å². The Morgan fingerprint density at radius 2 is 1.89 bits per heavy atom. The maximum Gasteiger partial charge on any atom is 0.144 e. The number of para-hydroxylation sites is 1. The van der Waals surface area contributed by atoms with Gasteiger partial charge in [-0.15, -0.1) is 0 Å². The number of hydrogen-bond donors (Lipinski definition) is 0. The molecular weight excluding hydrogens is 336 g/mol. The van der Waals surface area contributed by atoms with Crippen molar-refractivity contribution < 1.29 is 4.42 Å². The van der Waals surface area contributed by atoms with Gasteiger partial charge in [0.25, 0.3) is 0 Å². The lowest BCUT2D eigenvalue weighted by Gasteiger charge is -2.16. The van der Waals surface area contributed by atoms with Gasteiger partial charge in [-0.05, 0) is 30.3 Å². The van der Waals surface area contributed by atoms with Crippen molar-refractivity contribution in [2.45, 2.75) is 6.54 Å². The van der Waals surface area contributed by atoms with Crippen molar-refractivity contribution in [2.75, 3.05) is 0 Å². The summed E-state index contributed by atoms with van der Waals surface area (Å²) in [6.45, 7) is 0.690. The highest BCUT2D eigenvalue weighted by Crippen LogP contribution is 2.42. The van der Waals surface area contributed by atoms with E-state index in [1.807, 2.05) is 48.7 Å². The van der Waals surface area contributed by atoms with E-state index in [1.54, 1.807) is 6.20 Å². The second-order valence-electron chi connectivity index (χ2n) is 6.67. The Kier molecular flexibility index (Phi) is 2.67. The zero-order valence-electron chi connectivity index (χ0n) is 14.2. The third-order valence-electron chi connectivity index (χ3n) is 5.18. The number of fused-ring (bicyclic) bond motifs is 4. The quantitative estimate of drug-likeness (QED) is 0.430. The molecule has 1 aliphatic rings. The molecule has 0 bridgehead atoms. The van der Waals surface area contributed by atoms with Crippen LogP contribution in [0.1, 0.15) is 11.1 Å². The van der Waals surface area contributed by atoms with E-state index >= 15 is 0 Å². The number of hydrogen-bond acceptors (Lipinski definition) is 4. The maximum absolute atomic E-state index is 9.06. The van der Waals surface area contributed by atoms with E-state index in [0.717, 1.165) is 50.3 Å². The van der Waals surface area contributed by atoms with Crippen LogP contribution < -0.4 is 0 Å². The summed E-state index contributed by atoms with van der Waals surface area (Å²) in [6, 6.07) is 17.8. The first-order chi connectivity index (χ1) is 13.3. The van der Waals surface area contributed by atoms with Gasteiger partial charge in [0, 0.05) is 22.7 Å². The Labute approximate surface area is 154 Å². The predicted molar refractivity (Wildman–Crippen MR) is 102 cm³/mol. The van der Waals surface area contributed by atoms with Crippen molar-refractivity contribution in [3.8, 4) is 28.8 Å². The van der Waals surface area contributed by atoms with Gasteiger partial charge >= 0.3 is 0 Å². The topological polar surface area (TPSA) is 67.6 Å². The summed E-state index contributed by atoms with van der Waals surface area (Å²) >= 11 is 0. The Morgan fingerprint density at radius 1 is 1.04 bits per heavy atom. The highest BCUT2D eigenvalue weighted by molar-refractivity contribution is 5.99. The Morgan fingerprint density at radius 3 is 2.74 bits per heavy atom. The SMILES string of the molecule is N#Cc1ccc(-c2nc3cncc4c3n2Cc2c-4oc3ccccc23)cc1. The fraction of sp³-hybridized carbons (Fsp3) is 0.0455.